The van der Waals surface area contributed by atoms with Gasteiger partial charge in [0.1, 0.15) is 5.69 Å². The fourth-order valence-corrected chi connectivity index (χ4v) is 5.17. The Morgan fingerprint density at radius 2 is 2.05 bits per heavy atom. The van der Waals surface area contributed by atoms with Crippen molar-refractivity contribution in [1.29, 1.82) is 0 Å². The molecule has 4 heterocycles. The number of hydrazine groups is 2. The standard InChI is InChI=1S/C26H33N9O3/c27-24(36)18-4-7-20(13-18)30-26-28-15-22-25(31-26)35(33-32-22)21-8-5-17(6-9-21)19-14-29-34(16-19)10-12-38-23-3-1-2-11-37-23/h5-6,8-9,14-16,18,20,23,32-33H,1-4,7,10-13H2,(H2,27,36)(H,28,30,31)/t18-,20-,23?/m1/s1. The number of rotatable bonds is 9. The van der Waals surface area contributed by atoms with E-state index < -0.39 is 0 Å². The molecule has 0 radical (unpaired) electrons. The maximum absolute atomic E-state index is 11.5. The average Bonchev–Trinajstić information content (AvgIpc) is 3.70. The third kappa shape index (κ3) is 5.42. The van der Waals surface area contributed by atoms with Crippen LogP contribution in [0.4, 0.5) is 23.1 Å². The predicted octanol–water partition coefficient (Wildman–Crippen LogP) is 2.93. The van der Waals surface area contributed by atoms with Crippen LogP contribution in [0.5, 0.6) is 0 Å². The summed E-state index contributed by atoms with van der Waals surface area (Å²) < 4.78 is 13.3. The number of fused-ring (bicyclic) bond motifs is 1. The van der Waals surface area contributed by atoms with Crippen molar-refractivity contribution in [3.8, 4) is 11.1 Å². The van der Waals surface area contributed by atoms with E-state index in [4.69, 9.17) is 20.2 Å². The molecule has 38 heavy (non-hydrogen) atoms. The highest BCUT2D eigenvalue weighted by molar-refractivity contribution is 5.78. The molecule has 2 aromatic heterocycles. The van der Waals surface area contributed by atoms with Crippen molar-refractivity contribution in [3.05, 3.63) is 42.9 Å². The number of anilines is 4. The highest BCUT2D eigenvalue weighted by Crippen LogP contribution is 2.34. The SMILES string of the molecule is NC(=O)[C@@H]1CC[C@@H](Nc2ncc3c(n2)N(c2ccc(-c4cnn(CCOC5CCCCO5)c4)cc2)NN3)C1. The van der Waals surface area contributed by atoms with Gasteiger partial charge in [-0.1, -0.05) is 12.1 Å². The number of nitrogens with two attached hydrogens (primary N) is 1. The number of carbonyl (C=O) groups excluding carboxylic acids is 1. The zero-order chi connectivity index (χ0) is 25.9. The van der Waals surface area contributed by atoms with E-state index in [-0.39, 0.29) is 24.2 Å². The van der Waals surface area contributed by atoms with Crippen molar-refractivity contribution in [3.63, 3.8) is 0 Å². The Bertz CT molecular complexity index is 1260. The molecule has 6 rings (SSSR count). The van der Waals surface area contributed by atoms with Gasteiger partial charge in [0.05, 0.1) is 31.2 Å². The van der Waals surface area contributed by atoms with Crippen LogP contribution in [0.25, 0.3) is 11.1 Å². The fraction of sp³-hybridized carbons (Fsp3) is 0.462. The van der Waals surface area contributed by atoms with Crippen LogP contribution in [-0.2, 0) is 20.8 Å². The quantitative estimate of drug-likeness (QED) is 0.333. The number of amides is 1. The lowest BCUT2D eigenvalue weighted by Crippen LogP contribution is -2.31. The van der Waals surface area contributed by atoms with Crippen LogP contribution < -0.4 is 27.0 Å². The molecule has 12 heteroatoms. The first kappa shape index (κ1) is 24.6. The van der Waals surface area contributed by atoms with Gasteiger partial charge in [-0.05, 0) is 56.2 Å². The van der Waals surface area contributed by atoms with Crippen LogP contribution in [0.3, 0.4) is 0 Å². The number of nitrogens with zero attached hydrogens (tertiary/aromatic N) is 5. The molecule has 200 valence electrons. The molecule has 1 saturated carbocycles. The number of nitrogens with one attached hydrogen (secondary N) is 3. The Morgan fingerprint density at radius 1 is 1.16 bits per heavy atom. The lowest BCUT2D eigenvalue weighted by Gasteiger charge is -2.22. The summed E-state index contributed by atoms with van der Waals surface area (Å²) >= 11 is 0. The van der Waals surface area contributed by atoms with Gasteiger partial charge >= 0.3 is 0 Å². The van der Waals surface area contributed by atoms with Crippen molar-refractivity contribution < 1.29 is 14.3 Å². The Labute approximate surface area is 220 Å². The van der Waals surface area contributed by atoms with E-state index in [0.29, 0.717) is 25.5 Å². The lowest BCUT2D eigenvalue weighted by atomic mass is 10.1. The lowest BCUT2D eigenvalue weighted by molar-refractivity contribution is -0.163. The zero-order valence-corrected chi connectivity index (χ0v) is 21.2. The van der Waals surface area contributed by atoms with E-state index in [1.165, 1.54) is 0 Å². The van der Waals surface area contributed by atoms with Crippen molar-refractivity contribution in [2.75, 3.05) is 29.0 Å². The van der Waals surface area contributed by atoms with Crippen molar-refractivity contribution in [2.24, 2.45) is 11.7 Å². The first-order chi connectivity index (χ1) is 18.6. The van der Waals surface area contributed by atoms with E-state index in [9.17, 15) is 4.79 Å². The normalized spacial score (nSPS) is 22.7. The Balaban J connectivity index is 1.08. The number of hydrogen-bond acceptors (Lipinski definition) is 10. The summed E-state index contributed by atoms with van der Waals surface area (Å²) in [4.78, 5) is 20.6. The Kier molecular flexibility index (Phi) is 7.08. The van der Waals surface area contributed by atoms with Crippen LogP contribution in [-0.4, -0.2) is 51.2 Å². The Morgan fingerprint density at radius 3 is 2.84 bits per heavy atom. The minimum atomic E-state index is -0.238. The molecule has 3 aliphatic rings. The maximum Gasteiger partial charge on any atom is 0.225 e. The van der Waals surface area contributed by atoms with Crippen molar-refractivity contribution in [1.82, 2.24) is 25.3 Å². The number of ether oxygens (including phenoxy) is 2. The first-order valence-corrected chi connectivity index (χ1v) is 13.2. The van der Waals surface area contributed by atoms with Crippen LogP contribution in [0, 0.1) is 5.92 Å². The van der Waals surface area contributed by atoms with E-state index in [0.717, 1.165) is 67.0 Å². The summed E-state index contributed by atoms with van der Waals surface area (Å²) in [5.41, 5.74) is 15.5. The summed E-state index contributed by atoms with van der Waals surface area (Å²) in [5.74, 6) is 0.919. The topological polar surface area (TPSA) is 144 Å². The predicted molar refractivity (Wildman–Crippen MR) is 142 cm³/mol. The van der Waals surface area contributed by atoms with Crippen LogP contribution in [0.15, 0.2) is 42.9 Å². The van der Waals surface area contributed by atoms with Gasteiger partial charge in [-0.25, -0.2) is 9.99 Å². The number of carbonyl (C=O) groups is 1. The summed E-state index contributed by atoms with van der Waals surface area (Å²) in [6.07, 6.45) is 11.2. The summed E-state index contributed by atoms with van der Waals surface area (Å²) in [5, 5.41) is 9.72. The molecular formula is C26H33N9O3. The van der Waals surface area contributed by atoms with Crippen LogP contribution in [0.2, 0.25) is 0 Å². The maximum atomic E-state index is 11.5. The monoisotopic (exact) mass is 519 g/mol. The van der Waals surface area contributed by atoms with Gasteiger partial charge < -0.3 is 20.5 Å². The second-order valence-corrected chi connectivity index (χ2v) is 9.96. The molecule has 0 bridgehead atoms. The molecule has 1 aliphatic carbocycles. The van der Waals surface area contributed by atoms with Crippen molar-refractivity contribution >= 4 is 29.0 Å². The highest BCUT2D eigenvalue weighted by atomic mass is 16.7. The molecule has 3 aromatic rings. The minimum absolute atomic E-state index is 0.0841. The smallest absolute Gasteiger partial charge is 0.225 e. The second kappa shape index (κ2) is 10.9. The van der Waals surface area contributed by atoms with E-state index in [2.05, 4.69) is 38.5 Å². The summed E-state index contributed by atoms with van der Waals surface area (Å²) in [7, 11) is 0. The van der Waals surface area contributed by atoms with Gasteiger partial charge in [0, 0.05) is 30.3 Å². The molecule has 0 spiro atoms. The summed E-state index contributed by atoms with van der Waals surface area (Å²) in [6.45, 7) is 2.03. The Hall–Kier alpha value is -3.74. The second-order valence-electron chi connectivity index (χ2n) is 9.96. The molecule has 2 aliphatic heterocycles. The molecule has 3 atom stereocenters. The number of primary amides is 1. The fourth-order valence-electron chi connectivity index (χ4n) is 5.17. The molecule has 1 aromatic carbocycles. The van der Waals surface area contributed by atoms with Gasteiger partial charge in [-0.15, -0.1) is 5.53 Å². The van der Waals surface area contributed by atoms with E-state index >= 15 is 0 Å². The molecule has 12 nitrogen and oxygen atoms in total. The number of benzene rings is 1. The molecular weight excluding hydrogens is 486 g/mol. The molecule has 5 N–H and O–H groups in total. The van der Waals surface area contributed by atoms with Crippen LogP contribution >= 0.6 is 0 Å². The van der Waals surface area contributed by atoms with Crippen LogP contribution in [0.1, 0.15) is 38.5 Å². The van der Waals surface area contributed by atoms with Gasteiger partial charge in [-0.2, -0.15) is 10.1 Å². The molecule has 1 amide bonds. The summed E-state index contributed by atoms with van der Waals surface area (Å²) in [6, 6.07) is 8.32. The third-order valence-electron chi connectivity index (χ3n) is 7.31. The molecule has 1 unspecified atom stereocenters. The first-order valence-electron chi connectivity index (χ1n) is 13.2. The molecule has 2 fully saturated rings. The van der Waals surface area contributed by atoms with Gasteiger partial charge in [0.2, 0.25) is 11.9 Å². The van der Waals surface area contributed by atoms with E-state index in [1.54, 1.807) is 6.20 Å². The van der Waals surface area contributed by atoms with Gasteiger partial charge in [0.25, 0.3) is 0 Å². The number of hydrogen-bond donors (Lipinski definition) is 4. The van der Waals surface area contributed by atoms with Gasteiger partial charge in [-0.3, -0.25) is 14.9 Å². The highest BCUT2D eigenvalue weighted by Gasteiger charge is 2.30. The van der Waals surface area contributed by atoms with Gasteiger partial charge in [0.15, 0.2) is 12.1 Å². The van der Waals surface area contributed by atoms with E-state index in [1.807, 2.05) is 34.2 Å². The average molecular weight is 520 g/mol. The largest absolute Gasteiger partial charge is 0.369 e. The third-order valence-corrected chi connectivity index (χ3v) is 7.31. The van der Waals surface area contributed by atoms with Crippen molar-refractivity contribution in [2.45, 2.75) is 57.4 Å². The zero-order valence-electron chi connectivity index (χ0n) is 21.2. The minimum Gasteiger partial charge on any atom is -0.369 e. The molecule has 1 saturated heterocycles. The number of aromatic nitrogens is 4.